The van der Waals surface area contributed by atoms with E-state index in [0.717, 1.165) is 5.56 Å². The maximum absolute atomic E-state index is 12.3. The molecule has 1 rings (SSSR count). The number of nitrogens with two attached hydrogens (primary N) is 1. The Morgan fingerprint density at radius 2 is 1.83 bits per heavy atom. The van der Waals surface area contributed by atoms with Crippen LogP contribution in [0.3, 0.4) is 0 Å². The van der Waals surface area contributed by atoms with E-state index in [9.17, 15) is 8.42 Å². The number of sulfonamides is 1. The first-order valence-electron chi connectivity index (χ1n) is 6.00. The average molecular weight is 270 g/mol. The molecule has 0 aliphatic carbocycles. The zero-order valence-electron chi connectivity index (χ0n) is 11.7. The van der Waals surface area contributed by atoms with Crippen LogP contribution >= 0.6 is 0 Å². The van der Waals surface area contributed by atoms with Gasteiger partial charge in [-0.05, 0) is 51.3 Å². The summed E-state index contributed by atoms with van der Waals surface area (Å²) < 4.78 is 27.4. The molecule has 0 bridgehead atoms. The summed E-state index contributed by atoms with van der Waals surface area (Å²) in [7, 11) is -3.53. The third kappa shape index (κ3) is 3.03. The highest BCUT2D eigenvalue weighted by Crippen LogP contribution is 2.25. The Labute approximate surface area is 110 Å². The molecule has 0 amide bonds. The van der Waals surface area contributed by atoms with Crippen molar-refractivity contribution in [1.82, 2.24) is 4.72 Å². The van der Waals surface area contributed by atoms with E-state index in [1.165, 1.54) is 0 Å². The van der Waals surface area contributed by atoms with E-state index in [2.05, 4.69) is 4.72 Å². The molecule has 0 saturated heterocycles. The molecule has 0 saturated carbocycles. The van der Waals surface area contributed by atoms with Crippen LogP contribution in [0.4, 0.5) is 5.69 Å². The molecule has 3 N–H and O–H groups in total. The number of aryl methyl sites for hydroxylation is 1. The lowest BCUT2D eigenvalue weighted by Crippen LogP contribution is -2.42. The summed E-state index contributed by atoms with van der Waals surface area (Å²) in [6, 6.07) is 3.34. The topological polar surface area (TPSA) is 72.2 Å². The van der Waals surface area contributed by atoms with Gasteiger partial charge in [0.25, 0.3) is 0 Å². The van der Waals surface area contributed by atoms with E-state index in [1.807, 2.05) is 27.7 Å². The first kappa shape index (κ1) is 15.0. The monoisotopic (exact) mass is 270 g/mol. The van der Waals surface area contributed by atoms with Crippen molar-refractivity contribution >= 4 is 15.7 Å². The number of anilines is 1. The van der Waals surface area contributed by atoms with Crippen LogP contribution in [-0.4, -0.2) is 14.0 Å². The predicted octanol–water partition coefficient (Wildman–Crippen LogP) is 2.35. The summed E-state index contributed by atoms with van der Waals surface area (Å²) in [6.07, 6.45) is 0.715. The quantitative estimate of drug-likeness (QED) is 0.825. The summed E-state index contributed by atoms with van der Waals surface area (Å²) in [4.78, 5) is 0.257. The minimum atomic E-state index is -3.53. The normalized spacial score (nSPS) is 12.7. The van der Waals surface area contributed by atoms with Crippen LogP contribution in [0.25, 0.3) is 0 Å². The second-order valence-corrected chi connectivity index (χ2v) is 6.91. The zero-order chi connectivity index (χ0) is 14.1. The first-order valence-corrected chi connectivity index (χ1v) is 7.48. The number of hydrogen-bond acceptors (Lipinski definition) is 3. The van der Waals surface area contributed by atoms with Crippen molar-refractivity contribution in [2.75, 3.05) is 5.73 Å². The fourth-order valence-corrected chi connectivity index (χ4v) is 3.37. The lowest BCUT2D eigenvalue weighted by Gasteiger charge is -2.25. The maximum Gasteiger partial charge on any atom is 0.241 e. The first-order chi connectivity index (χ1) is 8.10. The average Bonchev–Trinajstić information content (AvgIpc) is 2.24. The summed E-state index contributed by atoms with van der Waals surface area (Å²) in [5, 5.41) is 0. The van der Waals surface area contributed by atoms with Crippen LogP contribution < -0.4 is 10.5 Å². The van der Waals surface area contributed by atoms with E-state index in [4.69, 9.17) is 5.73 Å². The Morgan fingerprint density at radius 1 is 1.28 bits per heavy atom. The largest absolute Gasteiger partial charge is 0.398 e. The molecule has 0 heterocycles. The Hall–Kier alpha value is -1.07. The molecule has 0 unspecified atom stereocenters. The third-order valence-electron chi connectivity index (χ3n) is 3.27. The van der Waals surface area contributed by atoms with Crippen molar-refractivity contribution in [3.8, 4) is 0 Å². The molecule has 4 nitrogen and oxygen atoms in total. The molecule has 0 aromatic heterocycles. The van der Waals surface area contributed by atoms with Gasteiger partial charge in [0.1, 0.15) is 0 Å². The predicted molar refractivity (Wildman–Crippen MR) is 75.0 cm³/mol. The van der Waals surface area contributed by atoms with E-state index < -0.39 is 15.6 Å². The van der Waals surface area contributed by atoms with Gasteiger partial charge in [-0.15, -0.1) is 0 Å². The molecular formula is C13H22N2O2S. The number of rotatable bonds is 4. The van der Waals surface area contributed by atoms with Gasteiger partial charge >= 0.3 is 0 Å². The number of hydrogen-bond donors (Lipinski definition) is 2. The molecule has 18 heavy (non-hydrogen) atoms. The molecule has 0 aliphatic heterocycles. The van der Waals surface area contributed by atoms with E-state index >= 15 is 0 Å². The van der Waals surface area contributed by atoms with E-state index in [-0.39, 0.29) is 4.90 Å². The molecule has 0 atom stereocenters. The zero-order valence-corrected chi connectivity index (χ0v) is 12.5. The smallest absolute Gasteiger partial charge is 0.241 e. The maximum atomic E-state index is 12.3. The minimum absolute atomic E-state index is 0.257. The molecule has 0 radical (unpaired) electrons. The molecule has 0 fully saturated rings. The van der Waals surface area contributed by atoms with Crippen LogP contribution in [0.1, 0.15) is 38.3 Å². The molecule has 5 heteroatoms. The molecule has 1 aromatic carbocycles. The summed E-state index contributed by atoms with van der Waals surface area (Å²) in [6.45, 7) is 9.26. The summed E-state index contributed by atoms with van der Waals surface area (Å²) in [5.41, 5.74) is 7.45. The Kier molecular flexibility index (Phi) is 4.08. The highest BCUT2D eigenvalue weighted by atomic mass is 32.2. The standard InChI is InChI=1S/C13H22N2O2S/c1-6-13(4,5)15-18(16,17)11-8-7-9(2)12(14)10(11)3/h7-8,15H,6,14H2,1-5H3. The van der Waals surface area contributed by atoms with Crippen molar-refractivity contribution in [1.29, 1.82) is 0 Å². The van der Waals surface area contributed by atoms with Gasteiger partial charge in [0.2, 0.25) is 10.0 Å². The van der Waals surface area contributed by atoms with Crippen LogP contribution in [-0.2, 0) is 10.0 Å². The van der Waals surface area contributed by atoms with Gasteiger partial charge in [0.15, 0.2) is 0 Å². The van der Waals surface area contributed by atoms with Crippen LogP contribution in [0.5, 0.6) is 0 Å². The second-order valence-electron chi connectivity index (χ2n) is 5.26. The van der Waals surface area contributed by atoms with E-state index in [0.29, 0.717) is 17.7 Å². The summed E-state index contributed by atoms with van der Waals surface area (Å²) in [5.74, 6) is 0. The highest BCUT2D eigenvalue weighted by Gasteiger charge is 2.26. The number of nitrogen functional groups attached to an aromatic ring is 1. The third-order valence-corrected chi connectivity index (χ3v) is 5.11. The molecule has 0 aliphatic rings. The molecular weight excluding hydrogens is 248 g/mol. The van der Waals surface area contributed by atoms with Crippen molar-refractivity contribution in [3.05, 3.63) is 23.3 Å². The van der Waals surface area contributed by atoms with Gasteiger partial charge < -0.3 is 5.73 Å². The lowest BCUT2D eigenvalue weighted by molar-refractivity contribution is 0.439. The summed E-state index contributed by atoms with van der Waals surface area (Å²) >= 11 is 0. The Balaban J connectivity index is 3.27. The van der Waals surface area contributed by atoms with Gasteiger partial charge in [-0.2, -0.15) is 0 Å². The minimum Gasteiger partial charge on any atom is -0.398 e. The number of benzene rings is 1. The van der Waals surface area contributed by atoms with E-state index in [1.54, 1.807) is 19.1 Å². The Morgan fingerprint density at radius 3 is 2.33 bits per heavy atom. The fourth-order valence-electron chi connectivity index (χ4n) is 1.63. The van der Waals surface area contributed by atoms with Crippen LogP contribution in [0, 0.1) is 13.8 Å². The van der Waals surface area contributed by atoms with Crippen LogP contribution in [0.15, 0.2) is 17.0 Å². The lowest BCUT2D eigenvalue weighted by atomic mass is 10.0. The molecule has 102 valence electrons. The molecule has 1 aromatic rings. The second kappa shape index (κ2) is 4.90. The van der Waals surface area contributed by atoms with Crippen molar-refractivity contribution in [2.24, 2.45) is 0 Å². The van der Waals surface area contributed by atoms with Gasteiger partial charge in [-0.3, -0.25) is 0 Å². The molecule has 0 spiro atoms. The van der Waals surface area contributed by atoms with Crippen LogP contribution in [0.2, 0.25) is 0 Å². The van der Waals surface area contributed by atoms with Gasteiger partial charge in [0, 0.05) is 11.2 Å². The van der Waals surface area contributed by atoms with Crippen molar-refractivity contribution in [3.63, 3.8) is 0 Å². The SMILES string of the molecule is CCC(C)(C)NS(=O)(=O)c1ccc(C)c(N)c1C. The van der Waals surface area contributed by atoms with Gasteiger partial charge in [0.05, 0.1) is 4.90 Å². The van der Waals surface area contributed by atoms with Crippen molar-refractivity contribution in [2.45, 2.75) is 51.5 Å². The van der Waals surface area contributed by atoms with Gasteiger partial charge in [-0.25, -0.2) is 13.1 Å². The fraction of sp³-hybridized carbons (Fsp3) is 0.538. The van der Waals surface area contributed by atoms with Crippen molar-refractivity contribution < 1.29 is 8.42 Å². The highest BCUT2D eigenvalue weighted by molar-refractivity contribution is 7.89. The number of nitrogens with one attached hydrogen (secondary N) is 1. The van der Waals surface area contributed by atoms with Gasteiger partial charge in [-0.1, -0.05) is 13.0 Å². The Bertz CT molecular complexity index is 548.